The molecule has 0 spiro atoms. The molecule has 0 saturated carbocycles. The molecule has 0 aliphatic rings. The van der Waals surface area contributed by atoms with Gasteiger partial charge in [-0.05, 0) is 103 Å². The van der Waals surface area contributed by atoms with Crippen molar-refractivity contribution < 1.29 is 28.8 Å². The highest BCUT2D eigenvalue weighted by Crippen LogP contribution is 2.27. The molecule has 16 nitrogen and oxygen atoms in total. The van der Waals surface area contributed by atoms with Crippen LogP contribution in [-0.4, -0.2) is 84.1 Å². The van der Waals surface area contributed by atoms with Gasteiger partial charge in [0.15, 0.2) is 39.9 Å². The first-order valence-corrected chi connectivity index (χ1v) is 27.0. The standard InChI is InChI=1S/C21H31N3O2.C20H30N4O2.C19H27N3O2S/c1-20(2,3)19(26)17-9-14(12-23(17)7)10-18(25)16-11-15(13-24(16)8)22-21(4,5)6;1-19(2,3)17(26)14-9-13(11-23(14)7)10-15(25)18-21-16(12-24(18)8)22-20(4,5)6;1-18(2,3)16(24)14-8-12(10-22(14)7)9-15(23)13-11-25-17(20-13)21-19(4,5)6/h9,11-13,22H,10H2,1-8H3;9,11-12,22H,10H2,1-8H3;8,10-11H,9H2,1-7H3,(H,20,21). The molecule has 0 aliphatic carbocycles. The Morgan fingerprint density at radius 1 is 0.429 bits per heavy atom. The summed E-state index contributed by atoms with van der Waals surface area (Å²) >= 11 is 1.43. The number of thiazole rings is 1. The van der Waals surface area contributed by atoms with Crippen LogP contribution in [0.5, 0.6) is 0 Å². The monoisotopic (exact) mass is 1080 g/mol. The molecule has 6 aromatic heterocycles. The summed E-state index contributed by atoms with van der Waals surface area (Å²) in [6, 6.07) is 7.34. The number of carbonyl (C=O) groups excluding carboxylic acids is 6. The van der Waals surface area contributed by atoms with E-state index in [1.165, 1.54) is 11.3 Å². The van der Waals surface area contributed by atoms with Gasteiger partial charge in [0.25, 0.3) is 0 Å². The second-order valence-electron chi connectivity index (χ2n) is 26.5. The molecular formula is C60H88N10O6S. The van der Waals surface area contributed by atoms with Crippen LogP contribution in [-0.2, 0) is 54.5 Å². The van der Waals surface area contributed by atoms with E-state index in [-0.39, 0.29) is 70.6 Å². The summed E-state index contributed by atoms with van der Waals surface area (Å²) in [6.07, 6.45) is 10.0. The van der Waals surface area contributed by atoms with E-state index in [1.54, 1.807) is 19.1 Å². The third kappa shape index (κ3) is 18.2. The van der Waals surface area contributed by atoms with Crippen molar-refractivity contribution in [3.63, 3.8) is 0 Å². The Balaban J connectivity index is 0.000000249. The fourth-order valence-corrected chi connectivity index (χ4v) is 9.05. The summed E-state index contributed by atoms with van der Waals surface area (Å²) < 4.78 is 8.99. The predicted octanol–water partition coefficient (Wildman–Crippen LogP) is 12.2. The van der Waals surface area contributed by atoms with Gasteiger partial charge in [-0.1, -0.05) is 62.3 Å². The Hall–Kier alpha value is -6.62. The molecular weight excluding hydrogens is 989 g/mol. The molecule has 3 N–H and O–H groups in total. The van der Waals surface area contributed by atoms with Crippen molar-refractivity contribution >= 4 is 62.7 Å². The van der Waals surface area contributed by atoms with Crippen LogP contribution in [0.3, 0.4) is 0 Å². The molecule has 0 radical (unpaired) electrons. The lowest BCUT2D eigenvalue weighted by Gasteiger charge is -2.20. The first-order valence-electron chi connectivity index (χ1n) is 26.1. The van der Waals surface area contributed by atoms with Gasteiger partial charge >= 0.3 is 0 Å². The van der Waals surface area contributed by atoms with E-state index in [0.29, 0.717) is 40.1 Å². The zero-order valence-electron chi connectivity index (χ0n) is 50.4. The van der Waals surface area contributed by atoms with Crippen LogP contribution in [0, 0.1) is 16.2 Å². The van der Waals surface area contributed by atoms with E-state index in [4.69, 9.17) is 0 Å². The summed E-state index contributed by atoms with van der Waals surface area (Å²) in [6.45, 7) is 35.6. The van der Waals surface area contributed by atoms with Gasteiger partial charge in [0, 0.05) is 124 Å². The van der Waals surface area contributed by atoms with Crippen LogP contribution in [0.2, 0.25) is 0 Å². The smallest absolute Gasteiger partial charge is 0.202 e. The van der Waals surface area contributed by atoms with Crippen LogP contribution in [0.25, 0.3) is 0 Å². The Kier molecular flexibility index (Phi) is 19.2. The molecule has 6 rings (SSSR count). The Morgan fingerprint density at radius 2 is 0.805 bits per heavy atom. The number of carbonyl (C=O) groups is 6. The van der Waals surface area contributed by atoms with Gasteiger partial charge in [-0.3, -0.25) is 28.8 Å². The number of Topliss-reactive ketones (excluding diaryl/α,β-unsaturated/α-hetero) is 6. The molecule has 0 fully saturated rings. The maximum Gasteiger partial charge on any atom is 0.202 e. The number of hydrogen-bond acceptors (Lipinski definition) is 12. The minimum Gasteiger partial charge on any atom is -0.379 e. The van der Waals surface area contributed by atoms with Gasteiger partial charge in [0.1, 0.15) is 11.5 Å². The number of nitrogens with one attached hydrogen (secondary N) is 3. The maximum absolute atomic E-state index is 12.8. The van der Waals surface area contributed by atoms with Crippen molar-refractivity contribution in [2.24, 2.45) is 51.5 Å². The molecule has 6 aromatic rings. The number of rotatable bonds is 15. The summed E-state index contributed by atoms with van der Waals surface area (Å²) in [7, 11) is 9.20. The van der Waals surface area contributed by atoms with Crippen molar-refractivity contribution in [3.05, 3.63) is 112 Å². The number of aromatic nitrogens is 7. The maximum atomic E-state index is 12.8. The third-order valence-electron chi connectivity index (χ3n) is 11.7. The highest BCUT2D eigenvalue weighted by Gasteiger charge is 2.29. The Morgan fingerprint density at radius 3 is 1.19 bits per heavy atom. The number of hydrogen-bond donors (Lipinski definition) is 3. The van der Waals surface area contributed by atoms with Crippen LogP contribution in [0.15, 0.2) is 60.6 Å². The average Bonchev–Trinajstić information content (AvgIpc) is 4.12. The van der Waals surface area contributed by atoms with Gasteiger partial charge in [0.05, 0.1) is 28.5 Å². The molecule has 0 aliphatic heterocycles. The van der Waals surface area contributed by atoms with Crippen molar-refractivity contribution in [2.45, 2.75) is 161 Å². The first-order chi connectivity index (χ1) is 34.9. The summed E-state index contributed by atoms with van der Waals surface area (Å²) in [4.78, 5) is 84.3. The van der Waals surface area contributed by atoms with E-state index in [9.17, 15) is 28.8 Å². The summed E-state index contributed by atoms with van der Waals surface area (Å²) in [5.74, 6) is 1.22. The molecule has 77 heavy (non-hydrogen) atoms. The minimum atomic E-state index is -0.458. The second kappa shape index (κ2) is 23.5. The van der Waals surface area contributed by atoms with Crippen molar-refractivity contribution in [1.82, 2.24) is 32.8 Å². The van der Waals surface area contributed by atoms with E-state index in [2.05, 4.69) is 46.7 Å². The molecule has 0 atom stereocenters. The van der Waals surface area contributed by atoms with Crippen LogP contribution < -0.4 is 16.0 Å². The Bertz CT molecular complexity index is 2960. The molecule has 420 valence electrons. The van der Waals surface area contributed by atoms with Crippen LogP contribution >= 0.6 is 11.3 Å². The first kappa shape index (κ1) is 62.9. The van der Waals surface area contributed by atoms with E-state index >= 15 is 0 Å². The third-order valence-corrected chi connectivity index (χ3v) is 12.5. The van der Waals surface area contributed by atoms with E-state index in [1.807, 2.05) is 203 Å². The summed E-state index contributed by atoms with van der Waals surface area (Å²) in [5.41, 5.74) is 4.80. The summed E-state index contributed by atoms with van der Waals surface area (Å²) in [5, 5.41) is 12.4. The predicted molar refractivity (Wildman–Crippen MR) is 313 cm³/mol. The zero-order valence-corrected chi connectivity index (χ0v) is 51.2. The zero-order chi connectivity index (χ0) is 58.7. The lowest BCUT2D eigenvalue weighted by molar-refractivity contribution is 0.0843. The van der Waals surface area contributed by atoms with Gasteiger partial charge in [-0.25, -0.2) is 9.97 Å². The number of aryl methyl sites for hydroxylation is 5. The molecule has 0 amide bonds. The highest BCUT2D eigenvalue weighted by atomic mass is 32.1. The Labute approximate surface area is 461 Å². The van der Waals surface area contributed by atoms with Gasteiger partial charge in [-0.15, -0.1) is 11.3 Å². The quantitative estimate of drug-likeness (QED) is 0.0830. The van der Waals surface area contributed by atoms with Crippen molar-refractivity contribution in [3.8, 4) is 0 Å². The number of nitrogens with zero attached hydrogens (tertiary/aromatic N) is 7. The number of ketones is 6. The molecule has 6 heterocycles. The highest BCUT2D eigenvalue weighted by molar-refractivity contribution is 7.13. The normalized spacial score (nSPS) is 12.3. The largest absolute Gasteiger partial charge is 0.379 e. The van der Waals surface area contributed by atoms with E-state index in [0.717, 1.165) is 27.5 Å². The minimum absolute atomic E-state index is 0.0369. The van der Waals surface area contributed by atoms with E-state index < -0.39 is 16.2 Å². The lowest BCUT2D eigenvalue weighted by Crippen LogP contribution is -2.26. The number of imidazole rings is 1. The van der Waals surface area contributed by atoms with Gasteiger partial charge in [-0.2, -0.15) is 0 Å². The fourth-order valence-electron chi connectivity index (χ4n) is 8.13. The van der Waals surface area contributed by atoms with Crippen molar-refractivity contribution in [1.29, 1.82) is 0 Å². The van der Waals surface area contributed by atoms with Crippen molar-refractivity contribution in [2.75, 3.05) is 16.0 Å². The number of anilines is 3. The molecule has 0 saturated heterocycles. The van der Waals surface area contributed by atoms with Gasteiger partial charge in [0.2, 0.25) is 5.78 Å². The molecule has 0 bridgehead atoms. The van der Waals surface area contributed by atoms with Crippen LogP contribution in [0.1, 0.15) is 204 Å². The fraction of sp³-hybridized carbons (Fsp3) is 0.533. The average molecular weight is 1080 g/mol. The van der Waals surface area contributed by atoms with Gasteiger partial charge < -0.3 is 38.8 Å². The second-order valence-corrected chi connectivity index (χ2v) is 27.4. The molecule has 17 heteroatoms. The SMILES string of the molecule is Cn1cc(CC(=O)c2csc(NC(C)(C)C)n2)cc1C(=O)C(C)(C)C.Cn1cc(CC(=O)c2nc(NC(C)(C)C)cn2C)cc1C(=O)C(C)(C)C.Cn1cc(NC(C)(C)C)cc1C(=O)Cc1cc(C(=O)C(C)(C)C)n(C)c1. The molecule has 0 unspecified atom stereocenters. The van der Waals surface area contributed by atoms with Crippen LogP contribution in [0.4, 0.5) is 16.6 Å². The topological polar surface area (TPSA) is 189 Å². The molecule has 0 aromatic carbocycles. The lowest BCUT2D eigenvalue weighted by atomic mass is 9.89.